The van der Waals surface area contributed by atoms with Crippen molar-refractivity contribution in [3.05, 3.63) is 0 Å². The van der Waals surface area contributed by atoms with Gasteiger partial charge in [0.05, 0.1) is 11.5 Å². The first-order chi connectivity index (χ1) is 6.55. The summed E-state index contributed by atoms with van der Waals surface area (Å²) in [5, 5.41) is 0. The molecule has 1 heterocycles. The van der Waals surface area contributed by atoms with Crippen molar-refractivity contribution in [2.75, 3.05) is 11.5 Å². The highest BCUT2D eigenvalue weighted by Gasteiger charge is 2.42. The minimum atomic E-state index is -2.67. The zero-order valence-electron chi connectivity index (χ0n) is 8.96. The summed E-state index contributed by atoms with van der Waals surface area (Å²) < 4.78 is 22.7. The van der Waals surface area contributed by atoms with E-state index < -0.39 is 9.84 Å². The Labute approximate surface area is 87.0 Å². The first-order valence-corrected chi connectivity index (χ1v) is 7.58. The molecule has 1 aliphatic carbocycles. The number of hydrogen-bond donors (Lipinski definition) is 0. The van der Waals surface area contributed by atoms with E-state index >= 15 is 0 Å². The van der Waals surface area contributed by atoms with Crippen molar-refractivity contribution in [1.82, 2.24) is 0 Å². The second-order valence-corrected chi connectivity index (χ2v) is 7.47. The Morgan fingerprint density at radius 2 is 1.86 bits per heavy atom. The van der Waals surface area contributed by atoms with Crippen molar-refractivity contribution in [2.45, 2.75) is 45.4 Å². The van der Waals surface area contributed by atoms with E-state index in [9.17, 15) is 8.42 Å². The lowest BCUT2D eigenvalue weighted by Crippen LogP contribution is -2.31. The van der Waals surface area contributed by atoms with Crippen LogP contribution >= 0.6 is 0 Å². The van der Waals surface area contributed by atoms with Crippen LogP contribution in [0.2, 0.25) is 0 Å². The van der Waals surface area contributed by atoms with Crippen molar-refractivity contribution in [3.8, 4) is 0 Å². The van der Waals surface area contributed by atoms with Crippen molar-refractivity contribution >= 4 is 9.84 Å². The van der Waals surface area contributed by atoms with E-state index in [-0.39, 0.29) is 0 Å². The van der Waals surface area contributed by atoms with E-state index in [4.69, 9.17) is 0 Å². The topological polar surface area (TPSA) is 34.1 Å². The lowest BCUT2D eigenvalue weighted by atomic mass is 9.79. The molecule has 82 valence electrons. The molecule has 0 aromatic carbocycles. The maximum absolute atomic E-state index is 11.3. The Hall–Kier alpha value is -0.0500. The molecule has 0 bridgehead atoms. The van der Waals surface area contributed by atoms with Gasteiger partial charge in [-0.25, -0.2) is 8.42 Å². The Morgan fingerprint density at radius 1 is 1.21 bits per heavy atom. The Bertz CT molecular complexity index is 291. The molecule has 2 aliphatic rings. The molecule has 2 nitrogen and oxygen atoms in total. The fraction of sp³-hybridized carbons (Fsp3) is 1.00. The molecule has 0 N–H and O–H groups in total. The molecule has 1 spiro atoms. The summed E-state index contributed by atoms with van der Waals surface area (Å²) in [5.74, 6) is 1.77. The third-order valence-corrected chi connectivity index (χ3v) is 5.92. The summed E-state index contributed by atoms with van der Waals surface area (Å²) in [6.07, 6.45) is 7.04. The van der Waals surface area contributed by atoms with Crippen molar-refractivity contribution in [2.24, 2.45) is 11.3 Å². The summed E-state index contributed by atoms with van der Waals surface area (Å²) in [6, 6.07) is 0. The molecular formula is C11H20O2S. The van der Waals surface area contributed by atoms with Gasteiger partial charge in [-0.2, -0.15) is 0 Å². The quantitative estimate of drug-likeness (QED) is 0.674. The van der Waals surface area contributed by atoms with Crippen LogP contribution in [0.5, 0.6) is 0 Å². The van der Waals surface area contributed by atoms with E-state index in [0.29, 0.717) is 16.9 Å². The van der Waals surface area contributed by atoms with Gasteiger partial charge in [-0.05, 0) is 43.4 Å². The predicted molar refractivity (Wildman–Crippen MR) is 58.0 cm³/mol. The third-order valence-electron chi connectivity index (χ3n) is 4.27. The van der Waals surface area contributed by atoms with Crippen LogP contribution < -0.4 is 0 Å². The normalized spacial score (nSPS) is 34.8. The molecule has 0 amide bonds. The van der Waals surface area contributed by atoms with Gasteiger partial charge in [-0.1, -0.05) is 13.3 Å². The molecule has 1 saturated heterocycles. The van der Waals surface area contributed by atoms with E-state index in [1.165, 1.54) is 25.7 Å². The van der Waals surface area contributed by atoms with Gasteiger partial charge in [0.25, 0.3) is 0 Å². The summed E-state index contributed by atoms with van der Waals surface area (Å²) in [6.45, 7) is 2.25. The molecule has 14 heavy (non-hydrogen) atoms. The van der Waals surface area contributed by atoms with Gasteiger partial charge in [0.2, 0.25) is 0 Å². The van der Waals surface area contributed by atoms with Gasteiger partial charge in [-0.3, -0.25) is 0 Å². The molecule has 3 heteroatoms. The maximum Gasteiger partial charge on any atom is 0.150 e. The van der Waals surface area contributed by atoms with Crippen molar-refractivity contribution in [1.29, 1.82) is 0 Å². The molecular weight excluding hydrogens is 196 g/mol. The summed E-state index contributed by atoms with van der Waals surface area (Å²) in [5.41, 5.74) is 0.423. The van der Waals surface area contributed by atoms with Crippen molar-refractivity contribution in [3.63, 3.8) is 0 Å². The van der Waals surface area contributed by atoms with E-state index in [1.54, 1.807) is 0 Å². The van der Waals surface area contributed by atoms with Crippen LogP contribution in [-0.2, 0) is 9.84 Å². The second kappa shape index (κ2) is 3.51. The van der Waals surface area contributed by atoms with E-state index in [2.05, 4.69) is 6.92 Å². The average Bonchev–Trinajstić information content (AvgIpc) is 2.56. The summed E-state index contributed by atoms with van der Waals surface area (Å²) >= 11 is 0. The van der Waals surface area contributed by atoms with Crippen LogP contribution in [0.25, 0.3) is 0 Å². The zero-order valence-corrected chi connectivity index (χ0v) is 9.78. The van der Waals surface area contributed by atoms with Crippen molar-refractivity contribution < 1.29 is 8.42 Å². The Kier molecular flexibility index (Phi) is 2.63. The predicted octanol–water partition coefficient (Wildman–Crippen LogP) is 2.39. The van der Waals surface area contributed by atoms with Gasteiger partial charge in [0, 0.05) is 0 Å². The molecule has 1 aliphatic heterocycles. The lowest BCUT2D eigenvalue weighted by molar-refractivity contribution is 0.252. The summed E-state index contributed by atoms with van der Waals surface area (Å²) in [4.78, 5) is 0. The smallest absolute Gasteiger partial charge is 0.150 e. The van der Waals surface area contributed by atoms with Crippen LogP contribution in [0.15, 0.2) is 0 Å². The number of hydrogen-bond acceptors (Lipinski definition) is 2. The minimum absolute atomic E-state index is 0.423. The lowest BCUT2D eigenvalue weighted by Gasteiger charge is -2.33. The maximum atomic E-state index is 11.3. The van der Waals surface area contributed by atoms with Crippen LogP contribution in [0.4, 0.5) is 0 Å². The second-order valence-electron chi connectivity index (χ2n) is 5.17. The number of rotatable bonds is 1. The molecule has 2 fully saturated rings. The van der Waals surface area contributed by atoms with Crippen LogP contribution in [0.3, 0.4) is 0 Å². The van der Waals surface area contributed by atoms with Crippen LogP contribution in [-0.4, -0.2) is 19.9 Å². The fourth-order valence-corrected chi connectivity index (χ4v) is 4.79. The largest absolute Gasteiger partial charge is 0.229 e. The van der Waals surface area contributed by atoms with E-state index in [0.717, 1.165) is 18.8 Å². The average molecular weight is 216 g/mol. The first-order valence-electron chi connectivity index (χ1n) is 5.76. The standard InChI is InChI=1S/C11H20O2S/c1-2-10-3-4-11(9-10)5-7-14(12,13)8-6-11/h10H,2-9H2,1H3. The minimum Gasteiger partial charge on any atom is -0.229 e. The third kappa shape index (κ3) is 1.97. The molecule has 0 aromatic rings. The highest BCUT2D eigenvalue weighted by molar-refractivity contribution is 7.91. The molecule has 2 rings (SSSR count). The highest BCUT2D eigenvalue weighted by Crippen LogP contribution is 2.50. The van der Waals surface area contributed by atoms with Gasteiger partial charge in [0.1, 0.15) is 9.84 Å². The van der Waals surface area contributed by atoms with E-state index in [1.807, 2.05) is 0 Å². The van der Waals surface area contributed by atoms with Crippen LogP contribution in [0.1, 0.15) is 45.4 Å². The Morgan fingerprint density at radius 3 is 2.36 bits per heavy atom. The van der Waals surface area contributed by atoms with Gasteiger partial charge >= 0.3 is 0 Å². The molecule has 1 saturated carbocycles. The first kappa shape index (κ1) is 10.5. The Balaban J connectivity index is 2.01. The summed E-state index contributed by atoms with van der Waals surface area (Å²) in [7, 11) is -2.67. The molecule has 1 atom stereocenters. The van der Waals surface area contributed by atoms with Gasteiger partial charge in [0.15, 0.2) is 0 Å². The highest BCUT2D eigenvalue weighted by atomic mass is 32.2. The number of sulfone groups is 1. The SMILES string of the molecule is CCC1CCC2(CCS(=O)(=O)CC2)C1. The van der Waals surface area contributed by atoms with Crippen LogP contribution in [0, 0.1) is 11.3 Å². The fourth-order valence-electron chi connectivity index (χ4n) is 3.10. The zero-order chi connectivity index (χ0) is 10.2. The molecule has 0 radical (unpaired) electrons. The van der Waals surface area contributed by atoms with Gasteiger partial charge in [-0.15, -0.1) is 0 Å². The molecule has 1 unspecified atom stereocenters. The molecule has 0 aromatic heterocycles. The monoisotopic (exact) mass is 216 g/mol. The van der Waals surface area contributed by atoms with Gasteiger partial charge < -0.3 is 0 Å².